The monoisotopic (exact) mass is 172 g/mol. The van der Waals surface area contributed by atoms with E-state index in [1.54, 1.807) is 0 Å². The standard InChI is InChI=1S/C11H13BO/c12-9-5-7-11(8-6-9)13-10-3-1-2-4-10/h5-8,10H,1-4H2. The number of hydrogen-bond donors (Lipinski definition) is 0. The van der Waals surface area contributed by atoms with Crippen LogP contribution in [0.15, 0.2) is 24.3 Å². The van der Waals surface area contributed by atoms with E-state index in [9.17, 15) is 0 Å². The number of benzene rings is 1. The molecule has 0 spiro atoms. The van der Waals surface area contributed by atoms with Gasteiger partial charge >= 0.3 is 0 Å². The molecule has 0 bridgehead atoms. The Balaban J connectivity index is 1.97. The van der Waals surface area contributed by atoms with Crippen molar-refractivity contribution in [3.63, 3.8) is 0 Å². The van der Waals surface area contributed by atoms with Crippen molar-refractivity contribution < 1.29 is 4.74 Å². The number of ether oxygens (including phenoxy) is 1. The van der Waals surface area contributed by atoms with Gasteiger partial charge in [0.25, 0.3) is 0 Å². The van der Waals surface area contributed by atoms with Crippen LogP contribution in [0.2, 0.25) is 0 Å². The first kappa shape index (κ1) is 8.67. The lowest BCUT2D eigenvalue weighted by Gasteiger charge is -2.12. The molecule has 1 aromatic carbocycles. The van der Waals surface area contributed by atoms with Gasteiger partial charge in [0.2, 0.25) is 0 Å². The Morgan fingerprint density at radius 2 is 1.69 bits per heavy atom. The fourth-order valence-corrected chi connectivity index (χ4v) is 1.75. The highest BCUT2D eigenvalue weighted by Crippen LogP contribution is 2.23. The van der Waals surface area contributed by atoms with Gasteiger partial charge in [-0.15, -0.1) is 0 Å². The van der Waals surface area contributed by atoms with E-state index in [0.29, 0.717) is 6.10 Å². The van der Waals surface area contributed by atoms with E-state index < -0.39 is 0 Å². The van der Waals surface area contributed by atoms with Gasteiger partial charge in [-0.05, 0) is 37.8 Å². The molecule has 0 aromatic heterocycles. The maximum Gasteiger partial charge on any atom is 0.119 e. The molecule has 13 heavy (non-hydrogen) atoms. The third-order valence-corrected chi connectivity index (χ3v) is 2.49. The molecule has 1 aliphatic rings. The first-order chi connectivity index (χ1) is 6.34. The Morgan fingerprint density at radius 3 is 2.31 bits per heavy atom. The fraction of sp³-hybridized carbons (Fsp3) is 0.455. The van der Waals surface area contributed by atoms with Crippen LogP contribution < -0.4 is 10.2 Å². The molecular weight excluding hydrogens is 159 g/mol. The minimum Gasteiger partial charge on any atom is -0.490 e. The zero-order chi connectivity index (χ0) is 9.10. The molecule has 1 aliphatic carbocycles. The van der Waals surface area contributed by atoms with Crippen molar-refractivity contribution in [2.24, 2.45) is 0 Å². The van der Waals surface area contributed by atoms with E-state index in [-0.39, 0.29) is 0 Å². The van der Waals surface area contributed by atoms with Gasteiger partial charge in [-0.25, -0.2) is 0 Å². The summed E-state index contributed by atoms with van der Waals surface area (Å²) in [5.41, 5.74) is 0.791. The van der Waals surface area contributed by atoms with Crippen LogP contribution in [-0.2, 0) is 0 Å². The van der Waals surface area contributed by atoms with E-state index in [0.717, 1.165) is 11.2 Å². The molecule has 2 radical (unpaired) electrons. The topological polar surface area (TPSA) is 9.23 Å². The Morgan fingerprint density at radius 1 is 1.08 bits per heavy atom. The van der Waals surface area contributed by atoms with Crippen LogP contribution >= 0.6 is 0 Å². The third kappa shape index (κ3) is 2.27. The third-order valence-electron chi connectivity index (χ3n) is 2.49. The molecule has 0 heterocycles. The largest absolute Gasteiger partial charge is 0.490 e. The van der Waals surface area contributed by atoms with Crippen LogP contribution in [-0.4, -0.2) is 14.0 Å². The molecule has 1 aromatic rings. The van der Waals surface area contributed by atoms with Crippen molar-refractivity contribution >= 4 is 13.3 Å². The lowest BCUT2D eigenvalue weighted by atomic mass is 9.97. The van der Waals surface area contributed by atoms with E-state index in [2.05, 4.69) is 0 Å². The Bertz CT molecular complexity index is 262. The lowest BCUT2D eigenvalue weighted by Crippen LogP contribution is -2.11. The second-order valence-corrected chi connectivity index (χ2v) is 3.59. The van der Waals surface area contributed by atoms with Gasteiger partial charge < -0.3 is 4.74 Å². The van der Waals surface area contributed by atoms with Crippen LogP contribution in [0.5, 0.6) is 5.75 Å². The SMILES string of the molecule is [B]c1ccc(OC2CCCC2)cc1. The highest BCUT2D eigenvalue weighted by Gasteiger charge is 2.15. The molecule has 1 saturated carbocycles. The smallest absolute Gasteiger partial charge is 0.119 e. The quantitative estimate of drug-likeness (QED) is 0.618. The number of rotatable bonds is 2. The van der Waals surface area contributed by atoms with Gasteiger partial charge in [-0.1, -0.05) is 17.6 Å². The summed E-state index contributed by atoms with van der Waals surface area (Å²) in [5.74, 6) is 0.945. The highest BCUT2D eigenvalue weighted by atomic mass is 16.5. The maximum absolute atomic E-state index is 5.77. The molecule has 2 heteroatoms. The van der Waals surface area contributed by atoms with Gasteiger partial charge in [0.1, 0.15) is 13.6 Å². The molecule has 2 rings (SSSR count). The van der Waals surface area contributed by atoms with Gasteiger partial charge in [0.15, 0.2) is 0 Å². The first-order valence-electron chi connectivity index (χ1n) is 4.87. The zero-order valence-electron chi connectivity index (χ0n) is 7.70. The molecule has 1 nitrogen and oxygen atoms in total. The van der Waals surface area contributed by atoms with Crippen molar-refractivity contribution in [1.82, 2.24) is 0 Å². The van der Waals surface area contributed by atoms with Crippen molar-refractivity contribution in [3.8, 4) is 5.75 Å². The average molecular weight is 172 g/mol. The molecule has 0 aliphatic heterocycles. The Hall–Kier alpha value is -0.915. The molecule has 0 atom stereocenters. The van der Waals surface area contributed by atoms with E-state index in [1.165, 1.54) is 25.7 Å². The minimum atomic E-state index is 0.434. The number of hydrogen-bond acceptors (Lipinski definition) is 1. The van der Waals surface area contributed by atoms with Crippen molar-refractivity contribution in [2.75, 3.05) is 0 Å². The summed E-state index contributed by atoms with van der Waals surface area (Å²) in [5, 5.41) is 0. The van der Waals surface area contributed by atoms with Crippen molar-refractivity contribution in [1.29, 1.82) is 0 Å². The Labute approximate surface area is 80.5 Å². The van der Waals surface area contributed by atoms with Crippen molar-refractivity contribution in [2.45, 2.75) is 31.8 Å². The molecule has 0 amide bonds. The summed E-state index contributed by atoms with van der Waals surface area (Å²) in [6.07, 6.45) is 5.44. The summed E-state index contributed by atoms with van der Waals surface area (Å²) < 4.78 is 5.77. The maximum atomic E-state index is 5.77. The summed E-state index contributed by atoms with van der Waals surface area (Å²) >= 11 is 0. The molecule has 0 saturated heterocycles. The lowest BCUT2D eigenvalue weighted by molar-refractivity contribution is 0.210. The fourth-order valence-electron chi connectivity index (χ4n) is 1.75. The summed E-state index contributed by atoms with van der Waals surface area (Å²) in [4.78, 5) is 0. The summed E-state index contributed by atoms with van der Waals surface area (Å²) in [6.45, 7) is 0. The second kappa shape index (κ2) is 3.86. The first-order valence-corrected chi connectivity index (χ1v) is 4.87. The zero-order valence-corrected chi connectivity index (χ0v) is 7.70. The highest BCUT2D eigenvalue weighted by molar-refractivity contribution is 6.32. The van der Waals surface area contributed by atoms with Crippen LogP contribution in [0.1, 0.15) is 25.7 Å². The summed E-state index contributed by atoms with van der Waals surface area (Å²) in [6, 6.07) is 7.63. The predicted molar refractivity (Wildman–Crippen MR) is 54.7 cm³/mol. The summed E-state index contributed by atoms with van der Waals surface area (Å²) in [7, 11) is 5.58. The van der Waals surface area contributed by atoms with E-state index in [4.69, 9.17) is 12.6 Å². The molecule has 66 valence electrons. The normalized spacial score (nSPS) is 17.5. The van der Waals surface area contributed by atoms with Crippen LogP contribution in [0.25, 0.3) is 0 Å². The van der Waals surface area contributed by atoms with Gasteiger partial charge in [-0.2, -0.15) is 0 Å². The molecule has 0 unspecified atom stereocenters. The molecule has 1 fully saturated rings. The van der Waals surface area contributed by atoms with Crippen LogP contribution in [0.3, 0.4) is 0 Å². The average Bonchev–Trinajstić information content (AvgIpc) is 2.62. The Kier molecular flexibility index (Phi) is 2.58. The molecular formula is C11H13BO. The van der Waals surface area contributed by atoms with Crippen LogP contribution in [0, 0.1) is 0 Å². The van der Waals surface area contributed by atoms with Gasteiger partial charge in [0, 0.05) is 0 Å². The van der Waals surface area contributed by atoms with Crippen LogP contribution in [0.4, 0.5) is 0 Å². The van der Waals surface area contributed by atoms with Gasteiger partial charge in [0.05, 0.1) is 6.10 Å². The van der Waals surface area contributed by atoms with E-state index in [1.807, 2.05) is 24.3 Å². The predicted octanol–water partition coefficient (Wildman–Crippen LogP) is 1.80. The second-order valence-electron chi connectivity index (χ2n) is 3.59. The van der Waals surface area contributed by atoms with E-state index >= 15 is 0 Å². The minimum absolute atomic E-state index is 0.434. The van der Waals surface area contributed by atoms with Gasteiger partial charge in [-0.3, -0.25) is 0 Å². The molecule has 0 N–H and O–H groups in total. The van der Waals surface area contributed by atoms with Crippen molar-refractivity contribution in [3.05, 3.63) is 24.3 Å².